The fourth-order valence-electron chi connectivity index (χ4n) is 0.839. The molecule has 1 aliphatic rings. The number of carbonyl (C=O) groups is 1. The van der Waals surface area contributed by atoms with Gasteiger partial charge in [-0.3, -0.25) is 0 Å². The van der Waals surface area contributed by atoms with E-state index in [-0.39, 0.29) is 12.1 Å². The minimum Gasteiger partial charge on any atom is -0.464 e. The molecule has 0 aromatic carbocycles. The van der Waals surface area contributed by atoms with Gasteiger partial charge in [-0.25, -0.2) is 4.79 Å². The van der Waals surface area contributed by atoms with Crippen LogP contribution in [-0.4, -0.2) is 31.8 Å². The van der Waals surface area contributed by atoms with Crippen LogP contribution >= 0.6 is 0 Å². The Labute approximate surface area is 59.3 Å². The first-order valence-corrected chi connectivity index (χ1v) is 3.33. The summed E-state index contributed by atoms with van der Waals surface area (Å²) in [6.07, 6.45) is 0.308. The lowest BCUT2D eigenvalue weighted by molar-refractivity contribution is -0.147. The van der Waals surface area contributed by atoms with E-state index < -0.39 is 0 Å². The summed E-state index contributed by atoms with van der Waals surface area (Å²) in [6, 6.07) is 0. The van der Waals surface area contributed by atoms with Gasteiger partial charge in [0.2, 0.25) is 0 Å². The van der Waals surface area contributed by atoms with Gasteiger partial charge in [-0.2, -0.15) is 0 Å². The van der Waals surface area contributed by atoms with Gasteiger partial charge in [-0.1, -0.05) is 0 Å². The second kappa shape index (κ2) is 3.53. The zero-order valence-electron chi connectivity index (χ0n) is 5.71. The van der Waals surface area contributed by atoms with Crippen molar-refractivity contribution in [1.29, 1.82) is 0 Å². The molecule has 1 unspecified atom stereocenters. The molecule has 0 aliphatic carbocycles. The van der Waals surface area contributed by atoms with Crippen LogP contribution < -0.4 is 5.73 Å². The van der Waals surface area contributed by atoms with Crippen molar-refractivity contribution < 1.29 is 14.3 Å². The fourth-order valence-corrected chi connectivity index (χ4v) is 0.839. The zero-order chi connectivity index (χ0) is 7.40. The van der Waals surface area contributed by atoms with Crippen LogP contribution in [0.1, 0.15) is 6.42 Å². The summed E-state index contributed by atoms with van der Waals surface area (Å²) in [6.45, 7) is 1.36. The van der Waals surface area contributed by atoms with Crippen molar-refractivity contribution in [3.63, 3.8) is 0 Å². The third-order valence-electron chi connectivity index (χ3n) is 1.32. The van der Waals surface area contributed by atoms with Crippen molar-refractivity contribution in [2.45, 2.75) is 12.5 Å². The number of hydrogen-bond acceptors (Lipinski definition) is 4. The van der Waals surface area contributed by atoms with Gasteiger partial charge in [0.15, 0.2) is 6.10 Å². The van der Waals surface area contributed by atoms with Crippen LogP contribution in [0.4, 0.5) is 0 Å². The van der Waals surface area contributed by atoms with Gasteiger partial charge in [0.05, 0.1) is 13.2 Å². The molecule has 0 aromatic rings. The summed E-state index contributed by atoms with van der Waals surface area (Å²) in [5.41, 5.74) is 5.17. The van der Waals surface area contributed by atoms with E-state index in [4.69, 9.17) is 10.5 Å². The summed E-state index contributed by atoms with van der Waals surface area (Å²) < 4.78 is 9.72. The standard InChI is InChI=1S/C6H11NO3/c7-2-4-9-5-1-3-10-6(5)8/h5H,1-4,7H2. The first kappa shape index (κ1) is 7.50. The topological polar surface area (TPSA) is 61.6 Å². The molecule has 0 spiro atoms. The number of cyclic esters (lactones) is 1. The van der Waals surface area contributed by atoms with E-state index in [9.17, 15) is 4.79 Å². The first-order valence-electron chi connectivity index (χ1n) is 3.33. The summed E-state index contributed by atoms with van der Waals surface area (Å²) in [5, 5.41) is 0. The van der Waals surface area contributed by atoms with Crippen LogP contribution in [0.15, 0.2) is 0 Å². The largest absolute Gasteiger partial charge is 0.464 e. The molecule has 1 fully saturated rings. The van der Waals surface area contributed by atoms with Gasteiger partial charge in [0.25, 0.3) is 0 Å². The molecule has 1 saturated heterocycles. The van der Waals surface area contributed by atoms with E-state index in [0.29, 0.717) is 26.2 Å². The van der Waals surface area contributed by atoms with Crippen LogP contribution in [-0.2, 0) is 14.3 Å². The molecule has 0 saturated carbocycles. The highest BCUT2D eigenvalue weighted by Crippen LogP contribution is 2.08. The molecule has 10 heavy (non-hydrogen) atoms. The van der Waals surface area contributed by atoms with Gasteiger partial charge in [0, 0.05) is 13.0 Å². The van der Waals surface area contributed by atoms with E-state index in [0.717, 1.165) is 0 Å². The maximum Gasteiger partial charge on any atom is 0.335 e. The van der Waals surface area contributed by atoms with Crippen LogP contribution in [0.2, 0.25) is 0 Å². The Kier molecular flexibility index (Phi) is 2.65. The van der Waals surface area contributed by atoms with Crippen LogP contribution in [0.3, 0.4) is 0 Å². The van der Waals surface area contributed by atoms with Crippen molar-refractivity contribution in [2.75, 3.05) is 19.8 Å². The predicted octanol–water partition coefficient (Wildman–Crippen LogP) is -0.723. The Bertz CT molecular complexity index is 126. The van der Waals surface area contributed by atoms with Crippen LogP contribution in [0, 0.1) is 0 Å². The molecule has 1 rings (SSSR count). The minimum atomic E-state index is -0.358. The fraction of sp³-hybridized carbons (Fsp3) is 0.833. The lowest BCUT2D eigenvalue weighted by atomic mass is 10.3. The number of carbonyl (C=O) groups excluding carboxylic acids is 1. The number of hydrogen-bond donors (Lipinski definition) is 1. The van der Waals surface area contributed by atoms with E-state index >= 15 is 0 Å². The molecular formula is C6H11NO3. The lowest BCUT2D eigenvalue weighted by Gasteiger charge is -2.04. The Morgan fingerprint density at radius 2 is 2.60 bits per heavy atom. The maximum atomic E-state index is 10.7. The highest BCUT2D eigenvalue weighted by molar-refractivity contribution is 5.76. The molecule has 58 valence electrons. The quantitative estimate of drug-likeness (QED) is 0.532. The lowest BCUT2D eigenvalue weighted by Crippen LogP contribution is -2.22. The molecule has 0 radical (unpaired) electrons. The third-order valence-corrected chi connectivity index (χ3v) is 1.32. The summed E-state index contributed by atoms with van der Waals surface area (Å²) in [7, 11) is 0. The van der Waals surface area contributed by atoms with Crippen molar-refractivity contribution in [3.8, 4) is 0 Å². The average Bonchev–Trinajstić information content (AvgIpc) is 2.31. The van der Waals surface area contributed by atoms with E-state index in [2.05, 4.69) is 4.74 Å². The molecule has 1 atom stereocenters. The monoisotopic (exact) mass is 145 g/mol. The van der Waals surface area contributed by atoms with Gasteiger partial charge < -0.3 is 15.2 Å². The molecular weight excluding hydrogens is 134 g/mol. The smallest absolute Gasteiger partial charge is 0.335 e. The number of ether oxygens (including phenoxy) is 2. The molecule has 1 aliphatic heterocycles. The molecule has 0 aromatic heterocycles. The van der Waals surface area contributed by atoms with Gasteiger partial charge in [0.1, 0.15) is 0 Å². The van der Waals surface area contributed by atoms with E-state index in [1.165, 1.54) is 0 Å². The van der Waals surface area contributed by atoms with Crippen LogP contribution in [0.25, 0.3) is 0 Å². The normalized spacial score (nSPS) is 24.9. The van der Waals surface area contributed by atoms with Crippen molar-refractivity contribution in [3.05, 3.63) is 0 Å². The second-order valence-corrected chi connectivity index (χ2v) is 2.10. The molecule has 0 bridgehead atoms. The Balaban J connectivity index is 2.20. The van der Waals surface area contributed by atoms with E-state index in [1.54, 1.807) is 0 Å². The highest BCUT2D eigenvalue weighted by Gasteiger charge is 2.26. The zero-order valence-corrected chi connectivity index (χ0v) is 5.71. The van der Waals surface area contributed by atoms with E-state index in [1.807, 2.05) is 0 Å². The summed E-state index contributed by atoms with van der Waals surface area (Å²) in [4.78, 5) is 10.7. The number of nitrogens with two attached hydrogens (primary N) is 1. The SMILES string of the molecule is NCCOC1CCOC1=O. The van der Waals surface area contributed by atoms with Gasteiger partial charge in [-0.05, 0) is 0 Å². The summed E-state index contributed by atoms with van der Waals surface area (Å²) >= 11 is 0. The van der Waals surface area contributed by atoms with Gasteiger partial charge >= 0.3 is 5.97 Å². The second-order valence-electron chi connectivity index (χ2n) is 2.10. The molecule has 2 N–H and O–H groups in total. The van der Waals surface area contributed by atoms with Crippen LogP contribution in [0.5, 0.6) is 0 Å². The molecule has 1 heterocycles. The Morgan fingerprint density at radius 3 is 3.10 bits per heavy atom. The first-order chi connectivity index (χ1) is 4.84. The van der Waals surface area contributed by atoms with Crippen molar-refractivity contribution >= 4 is 5.97 Å². The maximum absolute atomic E-state index is 10.7. The molecule has 0 amide bonds. The van der Waals surface area contributed by atoms with Gasteiger partial charge in [-0.15, -0.1) is 0 Å². The van der Waals surface area contributed by atoms with Crippen molar-refractivity contribution in [1.82, 2.24) is 0 Å². The minimum absolute atomic E-state index is 0.256. The number of esters is 1. The summed E-state index contributed by atoms with van der Waals surface area (Å²) in [5.74, 6) is -0.256. The Morgan fingerprint density at radius 1 is 1.80 bits per heavy atom. The molecule has 4 heteroatoms. The number of rotatable bonds is 3. The van der Waals surface area contributed by atoms with Crippen molar-refractivity contribution in [2.24, 2.45) is 5.73 Å². The average molecular weight is 145 g/mol. The Hall–Kier alpha value is -0.610. The third kappa shape index (κ3) is 1.68. The predicted molar refractivity (Wildman–Crippen MR) is 34.4 cm³/mol. The molecule has 4 nitrogen and oxygen atoms in total. The highest BCUT2D eigenvalue weighted by atomic mass is 16.6.